The highest BCUT2D eigenvalue weighted by molar-refractivity contribution is 7.78. The van der Waals surface area contributed by atoms with Gasteiger partial charge in [0.1, 0.15) is 0 Å². The van der Waals surface area contributed by atoms with Crippen LogP contribution in [0.15, 0.2) is 23.2 Å². The smallest absolute Gasteiger partial charge is 0.0768 e. The SMILES string of the molecule is Cc1ccc(N=C=S)c(C)c1. The van der Waals surface area contributed by atoms with Crippen molar-refractivity contribution >= 4 is 23.1 Å². The van der Waals surface area contributed by atoms with E-state index in [1.807, 2.05) is 19.1 Å². The summed E-state index contributed by atoms with van der Waals surface area (Å²) in [6, 6.07) is 6.04. The maximum absolute atomic E-state index is 4.51. The summed E-state index contributed by atoms with van der Waals surface area (Å²) in [5, 5.41) is 2.35. The summed E-state index contributed by atoms with van der Waals surface area (Å²) in [6.07, 6.45) is 0. The zero-order chi connectivity index (χ0) is 8.27. The Morgan fingerprint density at radius 1 is 1.36 bits per heavy atom. The van der Waals surface area contributed by atoms with E-state index in [0.717, 1.165) is 11.3 Å². The highest BCUT2D eigenvalue weighted by Gasteiger charge is 1.93. The fourth-order valence-electron chi connectivity index (χ4n) is 0.980. The molecule has 1 nitrogen and oxygen atoms in total. The van der Waals surface area contributed by atoms with Crippen LogP contribution in [0.3, 0.4) is 0 Å². The van der Waals surface area contributed by atoms with Crippen LogP contribution in [-0.2, 0) is 0 Å². The fourth-order valence-corrected chi connectivity index (χ4v) is 1.08. The van der Waals surface area contributed by atoms with Crippen molar-refractivity contribution in [3.05, 3.63) is 29.3 Å². The molecule has 1 rings (SSSR count). The maximum Gasteiger partial charge on any atom is 0.0768 e. The summed E-state index contributed by atoms with van der Waals surface area (Å²) in [4.78, 5) is 3.91. The van der Waals surface area contributed by atoms with E-state index in [1.165, 1.54) is 5.56 Å². The van der Waals surface area contributed by atoms with Gasteiger partial charge in [0.15, 0.2) is 0 Å². The van der Waals surface area contributed by atoms with Gasteiger partial charge in [0.25, 0.3) is 0 Å². The van der Waals surface area contributed by atoms with Crippen LogP contribution in [0.25, 0.3) is 0 Å². The number of nitrogens with zero attached hydrogens (tertiary/aromatic N) is 1. The van der Waals surface area contributed by atoms with Gasteiger partial charge in [0.2, 0.25) is 0 Å². The summed E-state index contributed by atoms with van der Waals surface area (Å²) in [6.45, 7) is 4.07. The van der Waals surface area contributed by atoms with Gasteiger partial charge in [-0.15, -0.1) is 0 Å². The topological polar surface area (TPSA) is 12.4 Å². The number of aliphatic imine (C=N–C) groups is 1. The first-order valence-corrected chi connectivity index (χ1v) is 3.80. The number of hydrogen-bond acceptors (Lipinski definition) is 2. The Kier molecular flexibility index (Phi) is 2.53. The normalized spacial score (nSPS) is 8.91. The molecular formula is C9H9NS. The van der Waals surface area contributed by atoms with Crippen LogP contribution in [-0.4, -0.2) is 5.16 Å². The Morgan fingerprint density at radius 3 is 2.64 bits per heavy atom. The molecular weight excluding hydrogens is 154 g/mol. The van der Waals surface area contributed by atoms with Gasteiger partial charge in [-0.2, -0.15) is 4.99 Å². The van der Waals surface area contributed by atoms with Crippen molar-refractivity contribution in [1.82, 2.24) is 0 Å². The fraction of sp³-hybridized carbons (Fsp3) is 0.222. The number of thiocarbonyl (C=S) groups is 1. The Bertz CT molecular complexity index is 311. The summed E-state index contributed by atoms with van der Waals surface area (Å²) in [7, 11) is 0. The van der Waals surface area contributed by atoms with Crippen LogP contribution < -0.4 is 0 Å². The van der Waals surface area contributed by atoms with E-state index in [9.17, 15) is 0 Å². The van der Waals surface area contributed by atoms with Gasteiger partial charge >= 0.3 is 0 Å². The van der Waals surface area contributed by atoms with E-state index in [4.69, 9.17) is 0 Å². The van der Waals surface area contributed by atoms with E-state index in [-0.39, 0.29) is 0 Å². The quantitative estimate of drug-likeness (QED) is 0.458. The average molecular weight is 163 g/mol. The van der Waals surface area contributed by atoms with Crippen LogP contribution in [0.2, 0.25) is 0 Å². The molecule has 56 valence electrons. The van der Waals surface area contributed by atoms with Gasteiger partial charge in [0.05, 0.1) is 10.8 Å². The zero-order valence-corrected chi connectivity index (χ0v) is 7.40. The second kappa shape index (κ2) is 3.42. The number of benzene rings is 1. The molecule has 0 spiro atoms. The minimum absolute atomic E-state index is 0.908. The molecule has 11 heavy (non-hydrogen) atoms. The molecule has 0 radical (unpaired) electrons. The molecule has 1 aromatic carbocycles. The van der Waals surface area contributed by atoms with Crippen molar-refractivity contribution in [1.29, 1.82) is 0 Å². The molecule has 0 N–H and O–H groups in total. The summed E-state index contributed by atoms with van der Waals surface area (Å²) >= 11 is 4.51. The minimum Gasteiger partial charge on any atom is -0.194 e. The van der Waals surface area contributed by atoms with Crippen LogP contribution in [0.5, 0.6) is 0 Å². The first kappa shape index (κ1) is 8.12. The maximum atomic E-state index is 4.51. The van der Waals surface area contributed by atoms with Crippen LogP contribution >= 0.6 is 12.2 Å². The second-order valence-corrected chi connectivity index (χ2v) is 2.68. The van der Waals surface area contributed by atoms with E-state index >= 15 is 0 Å². The predicted octanol–water partition coefficient (Wildman–Crippen LogP) is 3.04. The third-order valence-corrected chi connectivity index (χ3v) is 1.61. The molecule has 0 saturated heterocycles. The molecule has 0 bridgehead atoms. The monoisotopic (exact) mass is 163 g/mol. The number of isothiocyanates is 1. The molecule has 0 aliphatic carbocycles. The van der Waals surface area contributed by atoms with Gasteiger partial charge < -0.3 is 0 Å². The molecule has 0 aliphatic heterocycles. The molecule has 0 heterocycles. The van der Waals surface area contributed by atoms with Crippen LogP contribution in [0.4, 0.5) is 5.69 Å². The lowest BCUT2D eigenvalue weighted by Crippen LogP contribution is -1.75. The lowest BCUT2D eigenvalue weighted by atomic mass is 10.1. The largest absolute Gasteiger partial charge is 0.194 e. The van der Waals surface area contributed by atoms with Crippen molar-refractivity contribution < 1.29 is 0 Å². The standard InChI is InChI=1S/C9H9NS/c1-7-3-4-9(10-6-11)8(2)5-7/h3-5H,1-2H3. The predicted molar refractivity (Wildman–Crippen MR) is 50.6 cm³/mol. The Hall–Kier alpha value is -0.980. The number of aryl methyl sites for hydroxylation is 2. The van der Waals surface area contributed by atoms with Gasteiger partial charge in [-0.25, -0.2) is 0 Å². The lowest BCUT2D eigenvalue weighted by molar-refractivity contribution is 1.35. The van der Waals surface area contributed by atoms with Crippen LogP contribution in [0, 0.1) is 13.8 Å². The third kappa shape index (κ3) is 1.97. The molecule has 0 unspecified atom stereocenters. The molecule has 0 fully saturated rings. The molecule has 0 amide bonds. The van der Waals surface area contributed by atoms with Crippen molar-refractivity contribution in [2.24, 2.45) is 4.99 Å². The minimum atomic E-state index is 0.908. The van der Waals surface area contributed by atoms with E-state index in [2.05, 4.69) is 35.4 Å². The molecule has 0 atom stereocenters. The van der Waals surface area contributed by atoms with Crippen molar-refractivity contribution in [2.45, 2.75) is 13.8 Å². The molecule has 0 saturated carbocycles. The van der Waals surface area contributed by atoms with Gasteiger partial charge in [-0.05, 0) is 37.7 Å². The Balaban J connectivity index is 3.19. The molecule has 1 aromatic rings. The van der Waals surface area contributed by atoms with Gasteiger partial charge in [-0.3, -0.25) is 0 Å². The Labute approximate surface area is 71.8 Å². The highest BCUT2D eigenvalue weighted by atomic mass is 32.1. The van der Waals surface area contributed by atoms with Gasteiger partial charge in [-0.1, -0.05) is 17.7 Å². The first-order chi connectivity index (χ1) is 5.24. The van der Waals surface area contributed by atoms with Crippen LogP contribution in [0.1, 0.15) is 11.1 Å². The van der Waals surface area contributed by atoms with E-state index < -0.39 is 0 Å². The third-order valence-electron chi connectivity index (χ3n) is 1.52. The van der Waals surface area contributed by atoms with Crippen molar-refractivity contribution in [3.8, 4) is 0 Å². The highest BCUT2D eigenvalue weighted by Crippen LogP contribution is 2.18. The average Bonchev–Trinajstić information content (AvgIpc) is 1.95. The molecule has 2 heteroatoms. The summed E-state index contributed by atoms with van der Waals surface area (Å²) in [5.74, 6) is 0. The molecule has 0 aliphatic rings. The van der Waals surface area contributed by atoms with Crippen molar-refractivity contribution in [2.75, 3.05) is 0 Å². The van der Waals surface area contributed by atoms with Crippen molar-refractivity contribution in [3.63, 3.8) is 0 Å². The van der Waals surface area contributed by atoms with E-state index in [1.54, 1.807) is 0 Å². The number of rotatable bonds is 1. The lowest BCUT2D eigenvalue weighted by Gasteiger charge is -1.98. The Morgan fingerprint density at radius 2 is 2.09 bits per heavy atom. The first-order valence-electron chi connectivity index (χ1n) is 3.39. The summed E-state index contributed by atoms with van der Waals surface area (Å²) < 4.78 is 0. The van der Waals surface area contributed by atoms with E-state index in [0.29, 0.717) is 0 Å². The second-order valence-electron chi connectivity index (χ2n) is 2.49. The van der Waals surface area contributed by atoms with Gasteiger partial charge in [0, 0.05) is 0 Å². The zero-order valence-electron chi connectivity index (χ0n) is 6.59. The molecule has 0 aromatic heterocycles. The summed E-state index contributed by atoms with van der Waals surface area (Å²) in [5.41, 5.74) is 3.29. The number of hydrogen-bond donors (Lipinski definition) is 0.